The van der Waals surface area contributed by atoms with Crippen LogP contribution in [0.15, 0.2) is 23.7 Å². The zero-order valence-corrected chi connectivity index (χ0v) is 13.6. The van der Waals surface area contributed by atoms with Gasteiger partial charge < -0.3 is 15.0 Å². The first-order valence-electron chi connectivity index (χ1n) is 6.76. The summed E-state index contributed by atoms with van der Waals surface area (Å²) in [6.07, 6.45) is 1.70. The minimum Gasteiger partial charge on any atom is -0.369 e. The van der Waals surface area contributed by atoms with Crippen LogP contribution in [0, 0.1) is 6.92 Å². The number of anilines is 1. The third-order valence-electron chi connectivity index (χ3n) is 3.26. The molecule has 8 heteroatoms. The Labute approximate surface area is 135 Å². The molecule has 0 aromatic carbocycles. The number of hydrogen-bond acceptors (Lipinski definition) is 6. The van der Waals surface area contributed by atoms with Crippen LogP contribution in [0.4, 0.5) is 5.13 Å². The van der Waals surface area contributed by atoms with Crippen LogP contribution in [0.2, 0.25) is 0 Å². The lowest BCUT2D eigenvalue weighted by molar-refractivity contribution is -0.153. The number of ether oxygens (including phenoxy) is 1. The van der Waals surface area contributed by atoms with Gasteiger partial charge in [0.15, 0.2) is 5.13 Å². The number of carbonyl (C=O) groups excluding carboxylic acids is 2. The fraction of sp³-hybridized carbons (Fsp3) is 0.357. The van der Waals surface area contributed by atoms with Gasteiger partial charge in [0.25, 0.3) is 5.91 Å². The van der Waals surface area contributed by atoms with Crippen molar-refractivity contribution in [2.75, 3.05) is 18.5 Å². The van der Waals surface area contributed by atoms with Gasteiger partial charge in [-0.2, -0.15) is 0 Å². The third kappa shape index (κ3) is 3.34. The molecule has 22 heavy (non-hydrogen) atoms. The molecular formula is C14H15N3O3S2. The van der Waals surface area contributed by atoms with Crippen LogP contribution in [-0.4, -0.2) is 41.0 Å². The zero-order chi connectivity index (χ0) is 15.5. The summed E-state index contributed by atoms with van der Waals surface area (Å²) in [6, 6.07) is 3.25. The van der Waals surface area contributed by atoms with Crippen LogP contribution < -0.4 is 5.32 Å². The Bertz CT molecular complexity index is 669. The summed E-state index contributed by atoms with van der Waals surface area (Å²) in [5, 5.41) is 5.25. The highest BCUT2D eigenvalue weighted by Gasteiger charge is 2.34. The van der Waals surface area contributed by atoms with E-state index in [4.69, 9.17) is 4.74 Å². The number of aromatic nitrogens is 1. The van der Waals surface area contributed by atoms with Crippen molar-refractivity contribution >= 4 is 39.6 Å². The second-order valence-corrected chi connectivity index (χ2v) is 7.16. The van der Waals surface area contributed by atoms with Crippen LogP contribution in [0.3, 0.4) is 0 Å². The van der Waals surface area contributed by atoms with Crippen molar-refractivity contribution in [3.8, 4) is 0 Å². The molecule has 3 heterocycles. The Morgan fingerprint density at radius 2 is 2.45 bits per heavy atom. The van der Waals surface area contributed by atoms with E-state index >= 15 is 0 Å². The number of morpholine rings is 1. The van der Waals surface area contributed by atoms with E-state index in [9.17, 15) is 9.59 Å². The number of carbonyl (C=O) groups is 2. The molecule has 1 fully saturated rings. The standard InChI is InChI=1S/C14H15N3O3S2/c1-9-5-15-14(22-9)16-13(19)11-7-20-8-12(18)17(11)6-10-3-2-4-21-10/h2-5,11H,6-8H2,1H3,(H,15,16,19)/t11-/m1/s1. The van der Waals surface area contributed by atoms with Gasteiger partial charge in [-0.25, -0.2) is 4.98 Å². The first-order valence-corrected chi connectivity index (χ1v) is 8.46. The van der Waals surface area contributed by atoms with Crippen molar-refractivity contribution < 1.29 is 14.3 Å². The quantitative estimate of drug-likeness (QED) is 0.925. The zero-order valence-electron chi connectivity index (χ0n) is 11.9. The lowest BCUT2D eigenvalue weighted by atomic mass is 10.2. The molecule has 1 atom stereocenters. The fourth-order valence-electron chi connectivity index (χ4n) is 2.19. The molecule has 1 N–H and O–H groups in total. The van der Waals surface area contributed by atoms with Gasteiger partial charge in [-0.1, -0.05) is 6.07 Å². The van der Waals surface area contributed by atoms with Gasteiger partial charge in [-0.3, -0.25) is 9.59 Å². The predicted octanol–water partition coefficient (Wildman–Crippen LogP) is 1.88. The topological polar surface area (TPSA) is 71.5 Å². The Morgan fingerprint density at radius 1 is 1.59 bits per heavy atom. The molecule has 0 bridgehead atoms. The lowest BCUT2D eigenvalue weighted by Crippen LogP contribution is -2.54. The molecule has 0 spiro atoms. The van der Waals surface area contributed by atoms with Gasteiger partial charge in [0, 0.05) is 16.0 Å². The highest BCUT2D eigenvalue weighted by molar-refractivity contribution is 7.15. The van der Waals surface area contributed by atoms with Crippen molar-refractivity contribution in [2.24, 2.45) is 0 Å². The second-order valence-electron chi connectivity index (χ2n) is 4.90. The molecule has 2 aromatic heterocycles. The van der Waals surface area contributed by atoms with E-state index in [2.05, 4.69) is 10.3 Å². The average Bonchev–Trinajstić information content (AvgIpc) is 3.13. The van der Waals surface area contributed by atoms with Crippen LogP contribution in [0.25, 0.3) is 0 Å². The Morgan fingerprint density at radius 3 is 3.14 bits per heavy atom. The maximum absolute atomic E-state index is 12.4. The first-order chi connectivity index (χ1) is 10.6. The maximum atomic E-state index is 12.4. The second kappa shape index (κ2) is 6.55. The molecule has 1 aliphatic heterocycles. The maximum Gasteiger partial charge on any atom is 0.251 e. The normalized spacial score (nSPS) is 18.5. The van der Waals surface area contributed by atoms with Gasteiger partial charge in [-0.05, 0) is 18.4 Å². The molecule has 3 rings (SSSR count). The number of amides is 2. The molecule has 2 amide bonds. The van der Waals surface area contributed by atoms with Gasteiger partial charge >= 0.3 is 0 Å². The Balaban J connectivity index is 1.73. The lowest BCUT2D eigenvalue weighted by Gasteiger charge is -2.33. The van der Waals surface area contributed by atoms with E-state index in [-0.39, 0.29) is 25.0 Å². The molecule has 1 aliphatic rings. The minimum absolute atomic E-state index is 0.0194. The van der Waals surface area contributed by atoms with Crippen molar-refractivity contribution in [3.63, 3.8) is 0 Å². The highest BCUT2D eigenvalue weighted by Crippen LogP contribution is 2.20. The SMILES string of the molecule is Cc1cnc(NC(=O)[C@H]2COCC(=O)N2Cc2cccs2)s1. The van der Waals surface area contributed by atoms with Gasteiger partial charge in [0.2, 0.25) is 5.91 Å². The molecule has 2 aromatic rings. The number of rotatable bonds is 4. The number of aryl methyl sites for hydroxylation is 1. The third-order valence-corrected chi connectivity index (χ3v) is 4.95. The number of hydrogen-bond donors (Lipinski definition) is 1. The number of nitrogens with one attached hydrogen (secondary N) is 1. The average molecular weight is 337 g/mol. The number of thiophene rings is 1. The number of thiazole rings is 1. The van der Waals surface area contributed by atoms with E-state index in [0.717, 1.165) is 9.75 Å². The molecule has 0 aliphatic carbocycles. The van der Waals surface area contributed by atoms with Gasteiger partial charge in [0.1, 0.15) is 12.6 Å². The van der Waals surface area contributed by atoms with E-state index in [0.29, 0.717) is 11.7 Å². The van der Waals surface area contributed by atoms with Crippen LogP contribution >= 0.6 is 22.7 Å². The van der Waals surface area contributed by atoms with Gasteiger partial charge in [0.05, 0.1) is 13.2 Å². The summed E-state index contributed by atoms with van der Waals surface area (Å²) in [7, 11) is 0. The Hall–Kier alpha value is -1.77. The summed E-state index contributed by atoms with van der Waals surface area (Å²) in [4.78, 5) is 32.3. The molecule has 6 nitrogen and oxygen atoms in total. The van der Waals surface area contributed by atoms with Crippen molar-refractivity contribution in [1.82, 2.24) is 9.88 Å². The summed E-state index contributed by atoms with van der Waals surface area (Å²) >= 11 is 2.97. The smallest absolute Gasteiger partial charge is 0.251 e. The predicted molar refractivity (Wildman–Crippen MR) is 85.0 cm³/mol. The molecule has 116 valence electrons. The summed E-state index contributed by atoms with van der Waals surface area (Å²) in [5.41, 5.74) is 0. The minimum atomic E-state index is -0.632. The first kappa shape index (κ1) is 15.1. The van der Waals surface area contributed by atoms with Crippen molar-refractivity contribution in [2.45, 2.75) is 19.5 Å². The highest BCUT2D eigenvalue weighted by atomic mass is 32.1. The summed E-state index contributed by atoms with van der Waals surface area (Å²) in [5.74, 6) is -0.436. The Kier molecular flexibility index (Phi) is 4.51. The molecule has 0 radical (unpaired) electrons. The van der Waals surface area contributed by atoms with Crippen molar-refractivity contribution in [1.29, 1.82) is 0 Å². The van der Waals surface area contributed by atoms with Crippen LogP contribution in [0.5, 0.6) is 0 Å². The summed E-state index contributed by atoms with van der Waals surface area (Å²) in [6.45, 7) is 2.57. The molecule has 0 saturated carbocycles. The molecular weight excluding hydrogens is 322 g/mol. The van der Waals surface area contributed by atoms with Crippen molar-refractivity contribution in [3.05, 3.63) is 33.5 Å². The largest absolute Gasteiger partial charge is 0.369 e. The fourth-order valence-corrected chi connectivity index (χ4v) is 3.56. The summed E-state index contributed by atoms with van der Waals surface area (Å²) < 4.78 is 5.24. The van der Waals surface area contributed by atoms with Crippen LogP contribution in [0.1, 0.15) is 9.75 Å². The van der Waals surface area contributed by atoms with Gasteiger partial charge in [-0.15, -0.1) is 22.7 Å². The van der Waals surface area contributed by atoms with E-state index in [1.54, 1.807) is 22.4 Å². The van der Waals surface area contributed by atoms with E-state index in [1.165, 1.54) is 11.3 Å². The number of nitrogens with zero attached hydrogens (tertiary/aromatic N) is 2. The van der Waals surface area contributed by atoms with Crippen LogP contribution in [-0.2, 0) is 20.9 Å². The monoisotopic (exact) mass is 337 g/mol. The van der Waals surface area contributed by atoms with E-state index < -0.39 is 6.04 Å². The van der Waals surface area contributed by atoms with E-state index in [1.807, 2.05) is 24.4 Å². The molecule has 1 saturated heterocycles. The molecule has 0 unspecified atom stereocenters.